The number of benzene rings is 4. The highest BCUT2D eigenvalue weighted by Gasteiger charge is 2.39. The van der Waals surface area contributed by atoms with Gasteiger partial charge in [0.15, 0.2) is 0 Å². The van der Waals surface area contributed by atoms with Gasteiger partial charge in [-0.2, -0.15) is 10.2 Å². The van der Waals surface area contributed by atoms with Gasteiger partial charge in [-0.3, -0.25) is 0 Å². The summed E-state index contributed by atoms with van der Waals surface area (Å²) in [5.74, 6) is 0. The summed E-state index contributed by atoms with van der Waals surface area (Å²) in [6.07, 6.45) is 3.77. The van der Waals surface area contributed by atoms with Gasteiger partial charge < -0.3 is 9.80 Å². The first-order valence-corrected chi connectivity index (χ1v) is 15.3. The molecule has 2 aliphatic heterocycles. The molecule has 4 aromatic rings. The van der Waals surface area contributed by atoms with Crippen molar-refractivity contribution in [2.75, 3.05) is 23.9 Å². The van der Waals surface area contributed by atoms with E-state index in [-0.39, 0.29) is 10.8 Å². The molecule has 0 fully saturated rings. The van der Waals surface area contributed by atoms with Crippen LogP contribution in [0.5, 0.6) is 0 Å². The Morgan fingerprint density at radius 2 is 0.907 bits per heavy atom. The van der Waals surface area contributed by atoms with Crippen LogP contribution in [0.15, 0.2) is 151 Å². The molecule has 0 atom stereocenters. The average Bonchev–Trinajstić information content (AvgIpc) is 3.33. The molecule has 0 N–H and O–H groups in total. The minimum atomic E-state index is -0.150. The second-order valence-electron chi connectivity index (χ2n) is 11.9. The van der Waals surface area contributed by atoms with E-state index in [9.17, 15) is 0 Å². The molecule has 0 amide bonds. The molecule has 2 heterocycles. The number of azo groups is 2. The van der Waals surface area contributed by atoms with Gasteiger partial charge in [-0.15, -0.1) is 10.2 Å². The van der Waals surface area contributed by atoms with Crippen LogP contribution in [0.3, 0.4) is 0 Å². The quantitative estimate of drug-likeness (QED) is 0.212. The molecule has 0 saturated heterocycles. The van der Waals surface area contributed by atoms with Crippen LogP contribution in [0.4, 0.5) is 22.7 Å². The lowest BCUT2D eigenvalue weighted by atomic mass is 9.84. The minimum absolute atomic E-state index is 0.150. The van der Waals surface area contributed by atoms with Crippen molar-refractivity contribution in [3.8, 4) is 0 Å². The summed E-state index contributed by atoms with van der Waals surface area (Å²) in [6.45, 7) is 8.91. The largest absolute Gasteiger partial charge is 0.346 e. The number of para-hydroxylation sites is 2. The van der Waals surface area contributed by atoms with Gasteiger partial charge >= 0.3 is 0 Å². The normalized spacial score (nSPS) is 18.7. The Bertz CT molecular complexity index is 1670. The van der Waals surface area contributed by atoms with Crippen molar-refractivity contribution < 1.29 is 0 Å². The third kappa shape index (κ3) is 5.19. The maximum Gasteiger partial charge on any atom is 0.0996 e. The number of hydrogen-bond donors (Lipinski definition) is 0. The fraction of sp³-hybridized carbons (Fsp3) is 0.222. The zero-order valence-corrected chi connectivity index (χ0v) is 26.3. The third-order valence-electron chi connectivity index (χ3n) is 8.52. The molecule has 0 saturated carbocycles. The molecule has 0 bridgehead atoms. The average molecular weight is 585 g/mol. The third-order valence-corrected chi connectivity index (χ3v) is 9.65. The second kappa shape index (κ2) is 11.3. The lowest BCUT2D eigenvalue weighted by molar-refractivity contribution is 0.637. The summed E-state index contributed by atoms with van der Waals surface area (Å²) in [5, 5.41) is 18.4. The number of nitrogens with zero attached hydrogens (tertiary/aromatic N) is 6. The Morgan fingerprint density at radius 3 is 1.33 bits per heavy atom. The van der Waals surface area contributed by atoms with E-state index < -0.39 is 0 Å². The van der Waals surface area contributed by atoms with Crippen LogP contribution in [-0.4, -0.2) is 14.1 Å². The predicted molar refractivity (Wildman–Crippen MR) is 178 cm³/mol. The van der Waals surface area contributed by atoms with E-state index in [4.69, 9.17) is 0 Å². The van der Waals surface area contributed by atoms with Crippen LogP contribution >= 0.6 is 11.8 Å². The summed E-state index contributed by atoms with van der Waals surface area (Å²) in [7, 11) is 4.18. The van der Waals surface area contributed by atoms with Crippen molar-refractivity contribution in [3.63, 3.8) is 0 Å². The molecule has 7 heteroatoms. The summed E-state index contributed by atoms with van der Waals surface area (Å²) in [5.41, 5.74) is 8.55. The molecule has 216 valence electrons. The van der Waals surface area contributed by atoms with E-state index in [0.29, 0.717) is 0 Å². The van der Waals surface area contributed by atoms with E-state index in [0.717, 1.165) is 32.6 Å². The molecule has 6 rings (SSSR count). The van der Waals surface area contributed by atoms with Gasteiger partial charge in [-0.05, 0) is 47.5 Å². The maximum absolute atomic E-state index is 4.65. The molecule has 0 aliphatic carbocycles. The van der Waals surface area contributed by atoms with Gasteiger partial charge in [0.05, 0.1) is 23.8 Å². The minimum Gasteiger partial charge on any atom is -0.346 e. The Labute approximate surface area is 258 Å². The number of allylic oxidation sites excluding steroid dienone is 2. The van der Waals surface area contributed by atoms with E-state index in [1.165, 1.54) is 22.5 Å². The molecule has 0 unspecified atom stereocenters. The summed E-state index contributed by atoms with van der Waals surface area (Å²) < 4.78 is 0. The number of anilines is 2. The number of rotatable bonds is 6. The topological polar surface area (TPSA) is 55.9 Å². The SMILES string of the molecule is CN1/C(=C/N=Nc2ccccc2Sc2ccccc2N=N/C=C2/N(C)c3ccccc3C2(C)C)C(C)(C)c2ccccc21. The Hall–Kier alpha value is -4.49. The first-order valence-electron chi connectivity index (χ1n) is 14.4. The van der Waals surface area contributed by atoms with Crippen molar-refractivity contribution in [3.05, 3.63) is 132 Å². The predicted octanol–water partition coefficient (Wildman–Crippen LogP) is 10.5. The van der Waals surface area contributed by atoms with Crippen molar-refractivity contribution >= 4 is 34.5 Å². The molecular formula is C36H36N6S. The molecule has 0 radical (unpaired) electrons. The van der Waals surface area contributed by atoms with Crippen LogP contribution < -0.4 is 9.80 Å². The molecule has 0 aromatic heterocycles. The highest BCUT2D eigenvalue weighted by molar-refractivity contribution is 7.99. The molecule has 2 aliphatic rings. The second-order valence-corrected chi connectivity index (χ2v) is 13.0. The molecule has 6 nitrogen and oxygen atoms in total. The number of likely N-dealkylation sites (N-methyl/N-ethyl adjacent to an activating group) is 2. The van der Waals surface area contributed by atoms with Crippen LogP contribution in [0.25, 0.3) is 0 Å². The smallest absolute Gasteiger partial charge is 0.0996 e. The summed E-state index contributed by atoms with van der Waals surface area (Å²) in [6, 6.07) is 33.1. The molecular weight excluding hydrogens is 549 g/mol. The standard InChI is InChI=1S/C36H36N6S/c1-35(2)25-15-7-11-19-29(25)41(5)33(35)23-37-39-27-17-9-13-21-31(27)43-32-22-14-10-18-28(32)40-38-24-34-36(3,4)26-16-8-12-20-30(26)42(34)6/h7-24H,1-6H3/b33-23+,34-24+,39-37?,40-38?. The van der Waals surface area contributed by atoms with Crippen LogP contribution in [0.2, 0.25) is 0 Å². The maximum atomic E-state index is 4.65. The Balaban J connectivity index is 1.23. The van der Waals surface area contributed by atoms with E-state index in [2.05, 4.69) is 133 Å². The Kier molecular flexibility index (Phi) is 7.52. The van der Waals surface area contributed by atoms with Crippen molar-refractivity contribution in [2.24, 2.45) is 20.5 Å². The van der Waals surface area contributed by atoms with E-state index >= 15 is 0 Å². The van der Waals surface area contributed by atoms with Gasteiger partial charge in [0.1, 0.15) is 0 Å². The fourth-order valence-electron chi connectivity index (χ4n) is 6.12. The van der Waals surface area contributed by atoms with Gasteiger partial charge in [0.2, 0.25) is 0 Å². The first kappa shape index (κ1) is 28.6. The van der Waals surface area contributed by atoms with E-state index in [1.807, 2.05) is 48.8 Å². The molecule has 0 spiro atoms. The van der Waals surface area contributed by atoms with Crippen LogP contribution in [-0.2, 0) is 10.8 Å². The van der Waals surface area contributed by atoms with Crippen LogP contribution in [0, 0.1) is 0 Å². The van der Waals surface area contributed by atoms with E-state index in [1.54, 1.807) is 11.8 Å². The number of fused-ring (bicyclic) bond motifs is 2. The summed E-state index contributed by atoms with van der Waals surface area (Å²) >= 11 is 1.62. The van der Waals surface area contributed by atoms with Crippen molar-refractivity contribution in [1.29, 1.82) is 0 Å². The lowest BCUT2D eigenvalue weighted by Crippen LogP contribution is -2.22. The fourth-order valence-corrected chi connectivity index (χ4v) is 7.08. The van der Waals surface area contributed by atoms with Gasteiger partial charge in [0, 0.05) is 57.5 Å². The highest BCUT2D eigenvalue weighted by Crippen LogP contribution is 2.48. The van der Waals surface area contributed by atoms with Gasteiger partial charge in [0.25, 0.3) is 0 Å². The molecule has 43 heavy (non-hydrogen) atoms. The monoisotopic (exact) mass is 584 g/mol. The lowest BCUT2D eigenvalue weighted by Gasteiger charge is -2.22. The molecule has 4 aromatic carbocycles. The zero-order chi connectivity index (χ0) is 30.2. The van der Waals surface area contributed by atoms with Crippen molar-refractivity contribution in [2.45, 2.75) is 48.3 Å². The van der Waals surface area contributed by atoms with Crippen LogP contribution in [0.1, 0.15) is 38.8 Å². The first-order chi connectivity index (χ1) is 20.7. The Morgan fingerprint density at radius 1 is 0.535 bits per heavy atom. The van der Waals surface area contributed by atoms with Gasteiger partial charge in [-0.25, -0.2) is 0 Å². The zero-order valence-electron chi connectivity index (χ0n) is 25.5. The van der Waals surface area contributed by atoms with Crippen molar-refractivity contribution in [1.82, 2.24) is 0 Å². The van der Waals surface area contributed by atoms with Gasteiger partial charge in [-0.1, -0.05) is 100 Å². The highest BCUT2D eigenvalue weighted by atomic mass is 32.2. The summed E-state index contributed by atoms with van der Waals surface area (Å²) in [4.78, 5) is 6.41. The number of hydrogen-bond acceptors (Lipinski definition) is 7.